The molecule has 2 aromatic rings. The van der Waals surface area contributed by atoms with E-state index in [-0.39, 0.29) is 30.1 Å². The van der Waals surface area contributed by atoms with Crippen molar-refractivity contribution in [2.75, 3.05) is 18.0 Å². The van der Waals surface area contributed by atoms with Gasteiger partial charge in [0.15, 0.2) is 0 Å². The molecule has 1 aliphatic rings. The average molecular weight is 357 g/mol. The van der Waals surface area contributed by atoms with E-state index in [4.69, 9.17) is 11.6 Å². The Morgan fingerprint density at radius 2 is 2.00 bits per heavy atom. The molecule has 25 heavy (non-hydrogen) atoms. The highest BCUT2D eigenvalue weighted by Gasteiger charge is 2.35. The van der Waals surface area contributed by atoms with Crippen LogP contribution in [0.4, 0.5) is 5.69 Å². The molecule has 2 aromatic carbocycles. The largest absolute Gasteiger partial charge is 0.355 e. The van der Waals surface area contributed by atoms with Crippen LogP contribution in [0.15, 0.2) is 54.6 Å². The number of halogens is 1. The van der Waals surface area contributed by atoms with Gasteiger partial charge in [-0.25, -0.2) is 0 Å². The summed E-state index contributed by atoms with van der Waals surface area (Å²) in [7, 11) is 0. The SMILES string of the molecule is C[C@H](CNC(=O)[C@H]1CC(=O)N(c2cccc(Cl)c2)C1)c1ccccc1. The van der Waals surface area contributed by atoms with Crippen LogP contribution in [0.2, 0.25) is 5.02 Å². The van der Waals surface area contributed by atoms with Crippen molar-refractivity contribution >= 4 is 29.1 Å². The van der Waals surface area contributed by atoms with Crippen LogP contribution in [-0.4, -0.2) is 24.9 Å². The molecule has 0 spiro atoms. The Kier molecular flexibility index (Phi) is 5.39. The number of carbonyl (C=O) groups excluding carboxylic acids is 2. The molecule has 1 aliphatic heterocycles. The van der Waals surface area contributed by atoms with E-state index in [0.717, 1.165) is 5.69 Å². The van der Waals surface area contributed by atoms with Gasteiger partial charge in [-0.15, -0.1) is 0 Å². The Morgan fingerprint density at radius 1 is 1.24 bits per heavy atom. The molecule has 130 valence electrons. The predicted octanol–water partition coefficient (Wildman–Crippen LogP) is 3.61. The summed E-state index contributed by atoms with van der Waals surface area (Å²) in [6.07, 6.45) is 0.234. The van der Waals surface area contributed by atoms with Crippen LogP contribution in [0, 0.1) is 5.92 Å². The van der Waals surface area contributed by atoms with Crippen molar-refractivity contribution in [3.8, 4) is 0 Å². The van der Waals surface area contributed by atoms with E-state index in [9.17, 15) is 9.59 Å². The van der Waals surface area contributed by atoms with Crippen LogP contribution in [0.25, 0.3) is 0 Å². The first-order valence-corrected chi connectivity index (χ1v) is 8.81. The minimum atomic E-state index is -0.325. The van der Waals surface area contributed by atoms with Crippen molar-refractivity contribution < 1.29 is 9.59 Å². The van der Waals surface area contributed by atoms with Crippen LogP contribution in [0.3, 0.4) is 0 Å². The van der Waals surface area contributed by atoms with E-state index in [2.05, 4.69) is 24.4 Å². The van der Waals surface area contributed by atoms with Crippen LogP contribution >= 0.6 is 11.6 Å². The van der Waals surface area contributed by atoms with Gasteiger partial charge in [-0.3, -0.25) is 9.59 Å². The number of benzene rings is 2. The van der Waals surface area contributed by atoms with Gasteiger partial charge >= 0.3 is 0 Å². The van der Waals surface area contributed by atoms with Crippen LogP contribution in [0.1, 0.15) is 24.8 Å². The second kappa shape index (κ2) is 7.70. The topological polar surface area (TPSA) is 49.4 Å². The Balaban J connectivity index is 1.57. The van der Waals surface area contributed by atoms with Gasteiger partial charge in [-0.2, -0.15) is 0 Å². The number of hydrogen-bond donors (Lipinski definition) is 1. The zero-order valence-electron chi connectivity index (χ0n) is 14.1. The molecule has 1 fully saturated rings. The van der Waals surface area contributed by atoms with E-state index < -0.39 is 0 Å². The second-order valence-corrected chi connectivity index (χ2v) is 6.88. The molecule has 1 heterocycles. The lowest BCUT2D eigenvalue weighted by molar-refractivity contribution is -0.126. The monoisotopic (exact) mass is 356 g/mol. The third-order valence-electron chi connectivity index (χ3n) is 4.57. The maximum atomic E-state index is 12.5. The van der Waals surface area contributed by atoms with Crippen LogP contribution < -0.4 is 10.2 Å². The normalized spacial score (nSPS) is 18.2. The van der Waals surface area contributed by atoms with Crippen molar-refractivity contribution in [2.45, 2.75) is 19.3 Å². The molecule has 0 saturated carbocycles. The highest BCUT2D eigenvalue weighted by molar-refractivity contribution is 6.30. The highest BCUT2D eigenvalue weighted by Crippen LogP contribution is 2.27. The van der Waals surface area contributed by atoms with Crippen molar-refractivity contribution in [3.05, 3.63) is 65.2 Å². The molecule has 2 atom stereocenters. The van der Waals surface area contributed by atoms with Crippen molar-refractivity contribution in [2.24, 2.45) is 5.92 Å². The first kappa shape index (κ1) is 17.5. The molecular weight excluding hydrogens is 336 g/mol. The average Bonchev–Trinajstić information content (AvgIpc) is 3.02. The second-order valence-electron chi connectivity index (χ2n) is 6.44. The number of carbonyl (C=O) groups is 2. The lowest BCUT2D eigenvalue weighted by Crippen LogP contribution is -2.35. The lowest BCUT2D eigenvalue weighted by atomic mass is 10.0. The van der Waals surface area contributed by atoms with Crippen molar-refractivity contribution in [1.29, 1.82) is 0 Å². The van der Waals surface area contributed by atoms with E-state index in [1.54, 1.807) is 23.1 Å². The molecule has 4 nitrogen and oxygen atoms in total. The summed E-state index contributed by atoms with van der Waals surface area (Å²) in [4.78, 5) is 26.4. The molecule has 0 bridgehead atoms. The first-order chi connectivity index (χ1) is 12.0. The summed E-state index contributed by atoms with van der Waals surface area (Å²) in [5.74, 6) is -0.208. The summed E-state index contributed by atoms with van der Waals surface area (Å²) >= 11 is 6.00. The summed E-state index contributed by atoms with van der Waals surface area (Å²) in [6.45, 7) is 3.03. The van der Waals surface area contributed by atoms with Crippen molar-refractivity contribution in [3.63, 3.8) is 0 Å². The van der Waals surface area contributed by atoms with E-state index in [1.807, 2.05) is 24.3 Å². The van der Waals surface area contributed by atoms with Gasteiger partial charge in [0.1, 0.15) is 0 Å². The first-order valence-electron chi connectivity index (χ1n) is 8.43. The minimum Gasteiger partial charge on any atom is -0.355 e. The molecule has 0 aromatic heterocycles. The smallest absolute Gasteiger partial charge is 0.227 e. The van der Waals surface area contributed by atoms with Gasteiger partial charge in [0.05, 0.1) is 5.92 Å². The minimum absolute atomic E-state index is 0.0430. The summed E-state index contributed by atoms with van der Waals surface area (Å²) in [6, 6.07) is 17.2. The number of nitrogens with one attached hydrogen (secondary N) is 1. The molecule has 0 radical (unpaired) electrons. The third-order valence-corrected chi connectivity index (χ3v) is 4.80. The quantitative estimate of drug-likeness (QED) is 0.889. The summed E-state index contributed by atoms with van der Waals surface area (Å²) in [5.41, 5.74) is 1.93. The van der Waals surface area contributed by atoms with E-state index in [1.165, 1.54) is 5.56 Å². The van der Waals surface area contributed by atoms with Gasteiger partial charge in [0.25, 0.3) is 0 Å². The van der Waals surface area contributed by atoms with Crippen LogP contribution in [-0.2, 0) is 9.59 Å². The highest BCUT2D eigenvalue weighted by atomic mass is 35.5. The third kappa shape index (κ3) is 4.20. The van der Waals surface area contributed by atoms with Crippen molar-refractivity contribution in [1.82, 2.24) is 5.32 Å². The fourth-order valence-corrected chi connectivity index (χ4v) is 3.26. The number of hydrogen-bond acceptors (Lipinski definition) is 2. The maximum absolute atomic E-state index is 12.5. The molecule has 3 rings (SSSR count). The molecule has 1 saturated heterocycles. The molecule has 0 aliphatic carbocycles. The van der Waals surface area contributed by atoms with E-state index in [0.29, 0.717) is 18.1 Å². The molecular formula is C20H21ClN2O2. The number of nitrogens with zero attached hydrogens (tertiary/aromatic N) is 1. The Bertz CT molecular complexity index is 763. The Labute approximate surface area is 152 Å². The zero-order chi connectivity index (χ0) is 17.8. The molecule has 5 heteroatoms. The maximum Gasteiger partial charge on any atom is 0.227 e. The summed E-state index contributed by atoms with van der Waals surface area (Å²) < 4.78 is 0. The van der Waals surface area contributed by atoms with Gasteiger partial charge in [-0.05, 0) is 29.7 Å². The van der Waals surface area contributed by atoms with Crippen LogP contribution in [0.5, 0.6) is 0 Å². The standard InChI is InChI=1S/C20H21ClN2O2/c1-14(15-6-3-2-4-7-15)12-22-20(25)16-10-19(24)23(13-16)18-9-5-8-17(21)11-18/h2-9,11,14,16H,10,12-13H2,1H3,(H,22,25)/t14-,16+/m1/s1. The molecule has 2 amide bonds. The van der Waals surface area contributed by atoms with Gasteiger partial charge in [0.2, 0.25) is 11.8 Å². The van der Waals surface area contributed by atoms with Gasteiger partial charge in [0, 0.05) is 30.2 Å². The fraction of sp³-hybridized carbons (Fsp3) is 0.300. The number of rotatable bonds is 5. The number of amides is 2. The van der Waals surface area contributed by atoms with E-state index >= 15 is 0 Å². The molecule has 0 unspecified atom stereocenters. The number of anilines is 1. The lowest BCUT2D eigenvalue weighted by Gasteiger charge is -2.18. The molecule has 1 N–H and O–H groups in total. The Hall–Kier alpha value is -2.33. The summed E-state index contributed by atoms with van der Waals surface area (Å²) in [5, 5.41) is 3.56. The van der Waals surface area contributed by atoms with Gasteiger partial charge in [-0.1, -0.05) is 54.9 Å². The fourth-order valence-electron chi connectivity index (χ4n) is 3.07. The zero-order valence-corrected chi connectivity index (χ0v) is 14.9. The Morgan fingerprint density at radius 3 is 2.72 bits per heavy atom. The van der Waals surface area contributed by atoms with Gasteiger partial charge < -0.3 is 10.2 Å². The predicted molar refractivity (Wildman–Crippen MR) is 99.8 cm³/mol.